The van der Waals surface area contributed by atoms with Gasteiger partial charge in [0.05, 0.1) is 23.9 Å². The zero-order valence-corrected chi connectivity index (χ0v) is 9.54. The van der Waals surface area contributed by atoms with Gasteiger partial charge in [0.1, 0.15) is 0 Å². The topological polar surface area (TPSA) is 114 Å². The van der Waals surface area contributed by atoms with E-state index in [0.717, 1.165) is 0 Å². The van der Waals surface area contributed by atoms with Crippen molar-refractivity contribution < 1.29 is 9.53 Å². The summed E-state index contributed by atoms with van der Waals surface area (Å²) in [6, 6.07) is 6.40. The number of amides is 1. The molecule has 1 fully saturated rings. The van der Waals surface area contributed by atoms with E-state index in [1.54, 1.807) is 13.0 Å². The number of anilines is 1. The number of azide groups is 1. The highest BCUT2D eigenvalue weighted by Gasteiger charge is 2.47. The maximum absolute atomic E-state index is 11.7. The van der Waals surface area contributed by atoms with Crippen LogP contribution in [0.3, 0.4) is 0 Å². The number of carbonyl (C=O) groups is 1. The predicted octanol–water partition coefficient (Wildman–Crippen LogP) is 2.23. The van der Waals surface area contributed by atoms with Gasteiger partial charge in [-0.1, -0.05) is 5.11 Å². The Balaban J connectivity index is 2.24. The summed E-state index contributed by atoms with van der Waals surface area (Å²) in [5.74, 6) is -0.265. The van der Waals surface area contributed by atoms with Crippen LogP contribution in [0, 0.1) is 11.3 Å². The molecule has 1 atom stereocenters. The summed E-state index contributed by atoms with van der Waals surface area (Å²) in [5, 5.41) is 14.9. The van der Waals surface area contributed by atoms with Crippen LogP contribution in [0.25, 0.3) is 10.4 Å². The van der Waals surface area contributed by atoms with Gasteiger partial charge in [0.25, 0.3) is 5.91 Å². The number of nitrogens with one attached hydrogen (secondary N) is 1. The summed E-state index contributed by atoms with van der Waals surface area (Å²) >= 11 is 0. The highest BCUT2D eigenvalue weighted by molar-refractivity contribution is 5.99. The van der Waals surface area contributed by atoms with Gasteiger partial charge in [-0.15, -0.1) is 0 Å². The maximum Gasteiger partial charge on any atom is 0.258 e. The van der Waals surface area contributed by atoms with Crippen LogP contribution in [0.2, 0.25) is 0 Å². The van der Waals surface area contributed by atoms with Gasteiger partial charge in [-0.2, -0.15) is 5.26 Å². The first-order valence-electron chi connectivity index (χ1n) is 5.14. The van der Waals surface area contributed by atoms with Gasteiger partial charge in [0, 0.05) is 10.6 Å². The SMILES string of the molecule is CC1(C(=O)Nc2ccc(C#N)c(N=[N+]=[N-])c2)CO1. The van der Waals surface area contributed by atoms with Crippen LogP contribution in [0.15, 0.2) is 23.3 Å². The lowest BCUT2D eigenvalue weighted by atomic mass is 10.1. The van der Waals surface area contributed by atoms with Crippen molar-refractivity contribution in [3.05, 3.63) is 34.2 Å². The molecule has 7 nitrogen and oxygen atoms in total. The smallest absolute Gasteiger partial charge is 0.258 e. The maximum atomic E-state index is 11.7. The molecule has 1 heterocycles. The number of hydrogen-bond donors (Lipinski definition) is 1. The van der Waals surface area contributed by atoms with Crippen molar-refractivity contribution in [2.24, 2.45) is 5.11 Å². The first-order chi connectivity index (χ1) is 8.59. The molecule has 1 unspecified atom stereocenters. The molecule has 1 N–H and O–H groups in total. The Bertz CT molecular complexity index is 594. The number of rotatable bonds is 3. The zero-order chi connectivity index (χ0) is 13.2. The molecule has 90 valence electrons. The third kappa shape index (κ3) is 2.25. The molecule has 18 heavy (non-hydrogen) atoms. The normalized spacial score (nSPS) is 20.4. The van der Waals surface area contributed by atoms with E-state index in [0.29, 0.717) is 12.3 Å². The Labute approximate surface area is 103 Å². The second-order valence-electron chi connectivity index (χ2n) is 4.01. The number of nitriles is 1. The summed E-state index contributed by atoms with van der Waals surface area (Å²) < 4.78 is 5.01. The fraction of sp³-hybridized carbons (Fsp3) is 0.273. The molecule has 1 saturated heterocycles. The molecule has 1 aliphatic rings. The van der Waals surface area contributed by atoms with E-state index in [9.17, 15) is 4.79 Å². The molecule has 0 spiro atoms. The highest BCUT2D eigenvalue weighted by atomic mass is 16.6. The van der Waals surface area contributed by atoms with E-state index >= 15 is 0 Å². The van der Waals surface area contributed by atoms with E-state index in [-0.39, 0.29) is 17.2 Å². The summed E-state index contributed by atoms with van der Waals surface area (Å²) in [6.07, 6.45) is 0. The lowest BCUT2D eigenvalue weighted by molar-refractivity contribution is -0.120. The van der Waals surface area contributed by atoms with Crippen LogP contribution >= 0.6 is 0 Å². The summed E-state index contributed by atoms with van der Waals surface area (Å²) in [4.78, 5) is 14.3. The Morgan fingerprint density at radius 3 is 3.00 bits per heavy atom. The Morgan fingerprint density at radius 1 is 1.72 bits per heavy atom. The average molecular weight is 243 g/mol. The largest absolute Gasteiger partial charge is 0.359 e. The van der Waals surface area contributed by atoms with Gasteiger partial charge in [-0.3, -0.25) is 4.79 Å². The van der Waals surface area contributed by atoms with Gasteiger partial charge in [0.2, 0.25) is 0 Å². The lowest BCUT2D eigenvalue weighted by Gasteiger charge is -2.08. The zero-order valence-electron chi connectivity index (χ0n) is 9.54. The molecule has 0 saturated carbocycles. The number of ether oxygens (including phenoxy) is 1. The number of carbonyl (C=O) groups excluding carboxylic acids is 1. The lowest BCUT2D eigenvalue weighted by Crippen LogP contribution is -2.28. The van der Waals surface area contributed by atoms with E-state index in [4.69, 9.17) is 15.5 Å². The third-order valence-corrected chi connectivity index (χ3v) is 2.59. The number of benzene rings is 1. The Morgan fingerprint density at radius 2 is 2.44 bits per heavy atom. The molecule has 0 aliphatic carbocycles. The van der Waals surface area contributed by atoms with Crippen LogP contribution in [0.1, 0.15) is 12.5 Å². The quantitative estimate of drug-likeness (QED) is 0.380. The fourth-order valence-electron chi connectivity index (χ4n) is 1.34. The number of hydrogen-bond acceptors (Lipinski definition) is 4. The summed E-state index contributed by atoms with van der Waals surface area (Å²) in [6.45, 7) is 2.07. The number of epoxide rings is 1. The molecule has 1 amide bonds. The molecular weight excluding hydrogens is 234 g/mol. The molecule has 7 heteroatoms. The van der Waals surface area contributed by atoms with E-state index < -0.39 is 5.60 Å². The molecule has 1 aromatic rings. The van der Waals surface area contributed by atoms with Gasteiger partial charge in [-0.05, 0) is 30.7 Å². The van der Waals surface area contributed by atoms with Crippen molar-refractivity contribution in [2.45, 2.75) is 12.5 Å². The van der Waals surface area contributed by atoms with Gasteiger partial charge < -0.3 is 10.1 Å². The fourth-order valence-corrected chi connectivity index (χ4v) is 1.34. The molecule has 2 rings (SSSR count). The van der Waals surface area contributed by atoms with E-state index in [1.807, 2.05) is 6.07 Å². The first-order valence-corrected chi connectivity index (χ1v) is 5.14. The van der Waals surface area contributed by atoms with Crippen LogP contribution in [-0.2, 0) is 9.53 Å². The molecule has 0 radical (unpaired) electrons. The van der Waals surface area contributed by atoms with Crippen molar-refractivity contribution in [1.82, 2.24) is 0 Å². The summed E-state index contributed by atoms with van der Waals surface area (Å²) in [7, 11) is 0. The van der Waals surface area contributed by atoms with Crippen molar-refractivity contribution >= 4 is 17.3 Å². The molecule has 0 aromatic heterocycles. The van der Waals surface area contributed by atoms with Gasteiger partial charge in [-0.25, -0.2) is 0 Å². The Hall–Kier alpha value is -2.55. The highest BCUT2D eigenvalue weighted by Crippen LogP contribution is 2.29. The molecule has 0 bridgehead atoms. The van der Waals surface area contributed by atoms with E-state index in [1.165, 1.54) is 12.1 Å². The minimum Gasteiger partial charge on any atom is -0.359 e. The molecule has 1 aromatic carbocycles. The third-order valence-electron chi connectivity index (χ3n) is 2.59. The van der Waals surface area contributed by atoms with Gasteiger partial charge in [0.15, 0.2) is 5.60 Å². The van der Waals surface area contributed by atoms with Crippen molar-refractivity contribution in [3.8, 4) is 6.07 Å². The van der Waals surface area contributed by atoms with Crippen LogP contribution in [0.4, 0.5) is 11.4 Å². The van der Waals surface area contributed by atoms with Crippen LogP contribution in [0.5, 0.6) is 0 Å². The first kappa shape index (κ1) is 11.9. The Kier molecular flexibility index (Phi) is 2.90. The van der Waals surface area contributed by atoms with Crippen LogP contribution < -0.4 is 5.32 Å². The molecular formula is C11H9N5O2. The standard InChI is InChI=1S/C11H9N5O2/c1-11(6-18-11)10(17)14-8-3-2-7(5-12)9(4-8)15-16-13/h2-4H,6H2,1H3,(H,14,17). The van der Waals surface area contributed by atoms with Crippen molar-refractivity contribution in [2.75, 3.05) is 11.9 Å². The average Bonchev–Trinajstić information content (AvgIpc) is 3.10. The monoisotopic (exact) mass is 243 g/mol. The minimum atomic E-state index is -0.771. The second-order valence-corrected chi connectivity index (χ2v) is 4.01. The van der Waals surface area contributed by atoms with Crippen molar-refractivity contribution in [1.29, 1.82) is 5.26 Å². The number of nitrogens with zero attached hydrogens (tertiary/aromatic N) is 4. The van der Waals surface area contributed by atoms with Gasteiger partial charge >= 0.3 is 0 Å². The van der Waals surface area contributed by atoms with Crippen molar-refractivity contribution in [3.63, 3.8) is 0 Å². The second kappa shape index (κ2) is 4.37. The minimum absolute atomic E-state index is 0.180. The molecule has 1 aliphatic heterocycles. The summed E-state index contributed by atoms with van der Waals surface area (Å²) in [5.41, 5.74) is 8.51. The predicted molar refractivity (Wildman–Crippen MR) is 62.9 cm³/mol. The van der Waals surface area contributed by atoms with E-state index in [2.05, 4.69) is 15.3 Å². The van der Waals surface area contributed by atoms with Crippen LogP contribution in [-0.4, -0.2) is 18.1 Å².